The second-order valence-corrected chi connectivity index (χ2v) is 4.82. The highest BCUT2D eigenvalue weighted by Crippen LogP contribution is 2.41. The van der Waals surface area contributed by atoms with E-state index in [0.717, 1.165) is 16.9 Å². The van der Waals surface area contributed by atoms with E-state index < -0.39 is 8.38 Å². The fourth-order valence-corrected chi connectivity index (χ4v) is 2.80. The molecule has 0 aliphatic carbocycles. The first-order valence-corrected chi connectivity index (χ1v) is 7.00. The molecule has 0 atom stereocenters. The maximum absolute atomic E-state index is 5.57. The number of rotatable bonds is 7. The van der Waals surface area contributed by atoms with Crippen molar-refractivity contribution in [1.29, 1.82) is 0 Å². The second-order valence-electron chi connectivity index (χ2n) is 3.33. The lowest BCUT2D eigenvalue weighted by atomic mass is 10.3. The van der Waals surface area contributed by atoms with Crippen molar-refractivity contribution in [1.82, 2.24) is 0 Å². The van der Waals surface area contributed by atoms with Gasteiger partial charge < -0.3 is 13.5 Å². The summed E-state index contributed by atoms with van der Waals surface area (Å²) in [6, 6.07) is 0. The van der Waals surface area contributed by atoms with Gasteiger partial charge in [0.2, 0.25) is 0 Å². The van der Waals surface area contributed by atoms with Crippen LogP contribution in [0.1, 0.15) is 19.4 Å². The van der Waals surface area contributed by atoms with Crippen LogP contribution in [0.15, 0.2) is 23.3 Å². The number of allylic oxidation sites excluding steroid dienone is 1. The summed E-state index contributed by atoms with van der Waals surface area (Å²) in [7, 11) is -0.893. The average molecular weight is 254 g/mol. The van der Waals surface area contributed by atoms with Gasteiger partial charge in [0.1, 0.15) is 5.42 Å². The molecule has 0 saturated heterocycles. The van der Waals surface area contributed by atoms with Crippen molar-refractivity contribution >= 4 is 21.0 Å². The van der Waals surface area contributed by atoms with E-state index in [1.807, 2.05) is 19.9 Å². The first-order chi connectivity index (χ1) is 8.22. The van der Waals surface area contributed by atoms with Crippen LogP contribution in [-0.2, 0) is 15.2 Å². The van der Waals surface area contributed by atoms with Crippen molar-refractivity contribution in [3.63, 3.8) is 0 Å². The van der Waals surface area contributed by atoms with E-state index >= 15 is 0 Å². The number of furan rings is 1. The number of hydrogen-bond donors (Lipinski definition) is 0. The summed E-state index contributed by atoms with van der Waals surface area (Å²) in [6.45, 7) is 12.8. The Hall–Kier alpha value is -0.890. The van der Waals surface area contributed by atoms with Crippen molar-refractivity contribution in [2.45, 2.75) is 20.0 Å². The van der Waals surface area contributed by atoms with E-state index in [1.54, 1.807) is 12.3 Å². The molecule has 0 aliphatic rings. The summed E-state index contributed by atoms with van der Waals surface area (Å²) in [5.41, 5.74) is 1.71. The van der Waals surface area contributed by atoms with Gasteiger partial charge in [-0.3, -0.25) is 0 Å². The van der Waals surface area contributed by atoms with Gasteiger partial charge >= 0.3 is 0 Å². The van der Waals surface area contributed by atoms with Gasteiger partial charge in [-0.1, -0.05) is 25.3 Å². The smallest absolute Gasteiger partial charge is 0.175 e. The van der Waals surface area contributed by atoms with Crippen LogP contribution in [0, 0.1) is 0 Å². The standard InChI is InChI=1S/C13H19O3P/c1-5-8-13-11(4)14-9-12(13)10-17(15-6-2)16-7-3/h5,8-9H,1,4,6-7,10H2,2-3H3/b13-8+. The molecule has 0 bridgehead atoms. The average Bonchev–Trinajstić information content (AvgIpc) is 2.63. The topological polar surface area (TPSA) is 31.6 Å². The van der Waals surface area contributed by atoms with Crippen molar-refractivity contribution in [2.75, 3.05) is 13.2 Å². The van der Waals surface area contributed by atoms with Crippen molar-refractivity contribution < 1.29 is 13.5 Å². The molecule has 1 aromatic heterocycles. The van der Waals surface area contributed by atoms with Crippen LogP contribution in [0.2, 0.25) is 0 Å². The molecule has 0 aliphatic heterocycles. The zero-order chi connectivity index (χ0) is 12.7. The summed E-state index contributed by atoms with van der Waals surface area (Å²) in [5.74, 6) is 0. The fourth-order valence-electron chi connectivity index (χ4n) is 1.44. The van der Waals surface area contributed by atoms with Crippen LogP contribution < -0.4 is 10.6 Å². The van der Waals surface area contributed by atoms with E-state index in [4.69, 9.17) is 13.5 Å². The van der Waals surface area contributed by atoms with Gasteiger partial charge in [0.15, 0.2) is 8.38 Å². The lowest BCUT2D eigenvalue weighted by Crippen LogP contribution is -2.21. The molecule has 0 aromatic carbocycles. The predicted octanol–water partition coefficient (Wildman–Crippen LogP) is 2.54. The minimum absolute atomic E-state index is 0.654. The lowest BCUT2D eigenvalue weighted by Gasteiger charge is -2.14. The molecule has 1 rings (SSSR count). The van der Waals surface area contributed by atoms with Crippen LogP contribution >= 0.6 is 8.38 Å². The lowest BCUT2D eigenvalue weighted by molar-refractivity contribution is 0.268. The zero-order valence-electron chi connectivity index (χ0n) is 10.4. The molecular weight excluding hydrogens is 235 g/mol. The summed E-state index contributed by atoms with van der Waals surface area (Å²) >= 11 is 0. The molecule has 4 heteroatoms. The van der Waals surface area contributed by atoms with Crippen LogP contribution in [0.25, 0.3) is 12.7 Å². The van der Waals surface area contributed by atoms with Crippen LogP contribution in [-0.4, -0.2) is 13.2 Å². The zero-order valence-corrected chi connectivity index (χ0v) is 11.3. The predicted molar refractivity (Wildman–Crippen MR) is 72.0 cm³/mol. The molecule has 3 nitrogen and oxygen atoms in total. The van der Waals surface area contributed by atoms with Gasteiger partial charge in [-0.25, -0.2) is 0 Å². The van der Waals surface area contributed by atoms with Crippen LogP contribution in [0.5, 0.6) is 0 Å². The van der Waals surface area contributed by atoms with Gasteiger partial charge in [0.25, 0.3) is 0 Å². The first kappa shape index (κ1) is 14.2. The van der Waals surface area contributed by atoms with Gasteiger partial charge in [-0.2, -0.15) is 0 Å². The Balaban J connectivity index is 2.89. The van der Waals surface area contributed by atoms with E-state index in [-0.39, 0.29) is 0 Å². The van der Waals surface area contributed by atoms with Crippen molar-refractivity contribution in [3.8, 4) is 0 Å². The third-order valence-electron chi connectivity index (χ3n) is 2.12. The molecule has 0 spiro atoms. The van der Waals surface area contributed by atoms with Crippen LogP contribution in [0.4, 0.5) is 0 Å². The quantitative estimate of drug-likeness (QED) is 0.701. The SMILES string of the molecule is C=C/C=c1/c(CP(OCC)OCC)coc1=C. The Morgan fingerprint density at radius 3 is 2.53 bits per heavy atom. The third-order valence-corrected chi connectivity index (χ3v) is 3.81. The molecule has 0 saturated carbocycles. The summed E-state index contributed by atoms with van der Waals surface area (Å²) in [6.07, 6.45) is 6.06. The summed E-state index contributed by atoms with van der Waals surface area (Å²) in [5, 5.41) is 0.979. The Morgan fingerprint density at radius 2 is 2.00 bits per heavy atom. The largest absolute Gasteiger partial charge is 0.465 e. The van der Waals surface area contributed by atoms with Gasteiger partial charge in [0.05, 0.1) is 19.5 Å². The van der Waals surface area contributed by atoms with Crippen molar-refractivity contribution in [2.24, 2.45) is 0 Å². The molecular formula is C13H19O3P. The van der Waals surface area contributed by atoms with Crippen LogP contribution in [0.3, 0.4) is 0 Å². The molecule has 0 radical (unpaired) electrons. The molecule has 1 heterocycles. The highest BCUT2D eigenvalue weighted by molar-refractivity contribution is 7.46. The van der Waals surface area contributed by atoms with Gasteiger partial charge in [-0.05, 0) is 13.8 Å². The van der Waals surface area contributed by atoms with Gasteiger partial charge in [0, 0.05) is 16.9 Å². The minimum atomic E-state index is -0.893. The van der Waals surface area contributed by atoms with Crippen molar-refractivity contribution in [3.05, 3.63) is 35.1 Å². The first-order valence-electron chi connectivity index (χ1n) is 5.64. The summed E-state index contributed by atoms with van der Waals surface area (Å²) in [4.78, 5) is 0. The molecule has 0 N–H and O–H groups in total. The van der Waals surface area contributed by atoms with E-state index in [1.165, 1.54) is 0 Å². The second kappa shape index (κ2) is 7.44. The van der Waals surface area contributed by atoms with E-state index in [2.05, 4.69) is 13.2 Å². The van der Waals surface area contributed by atoms with Gasteiger partial charge in [-0.15, -0.1) is 0 Å². The summed E-state index contributed by atoms with van der Waals surface area (Å²) < 4.78 is 16.5. The Labute approximate surface area is 103 Å². The molecule has 17 heavy (non-hydrogen) atoms. The maximum Gasteiger partial charge on any atom is 0.175 e. The highest BCUT2D eigenvalue weighted by atomic mass is 31.2. The molecule has 0 unspecified atom stereocenters. The monoisotopic (exact) mass is 254 g/mol. The normalized spacial score (nSPS) is 12.3. The minimum Gasteiger partial charge on any atom is -0.465 e. The van der Waals surface area contributed by atoms with E-state index in [0.29, 0.717) is 18.6 Å². The molecule has 0 fully saturated rings. The molecule has 0 amide bonds. The Kier molecular flexibility index (Phi) is 6.20. The van der Waals surface area contributed by atoms with E-state index in [9.17, 15) is 0 Å². The fraction of sp³-hybridized carbons (Fsp3) is 0.385. The molecule has 94 valence electrons. The number of hydrogen-bond acceptors (Lipinski definition) is 3. The Morgan fingerprint density at radius 1 is 1.35 bits per heavy atom. The maximum atomic E-state index is 5.57. The highest BCUT2D eigenvalue weighted by Gasteiger charge is 2.12. The Bertz CT molecular complexity index is 444. The molecule has 1 aromatic rings. The third kappa shape index (κ3) is 4.12.